The van der Waals surface area contributed by atoms with Gasteiger partial charge >= 0.3 is 0 Å². The van der Waals surface area contributed by atoms with Crippen LogP contribution in [0.15, 0.2) is 92.5 Å². The molecule has 162 valence electrons. The molecule has 0 saturated heterocycles. The molecule has 0 aliphatic carbocycles. The fourth-order valence-electron chi connectivity index (χ4n) is 2.32. The molecule has 3 aromatic carbocycles. The molecule has 0 heterocycles. The van der Waals surface area contributed by atoms with Gasteiger partial charge < -0.3 is 5.11 Å². The first-order chi connectivity index (χ1) is 14.7. The van der Waals surface area contributed by atoms with Crippen LogP contribution in [0.2, 0.25) is 0 Å². The molecular weight excluding hydrogens is 380 g/mol. The van der Waals surface area contributed by atoms with Crippen LogP contribution in [-0.4, -0.2) is 11.1 Å². The zero-order valence-corrected chi connectivity index (χ0v) is 19.1. The first-order valence-electron chi connectivity index (χ1n) is 9.99. The zero-order valence-electron chi connectivity index (χ0n) is 19.1. The van der Waals surface area contributed by atoms with Gasteiger partial charge in [-0.2, -0.15) is 0 Å². The van der Waals surface area contributed by atoms with Crippen LogP contribution >= 0.6 is 0 Å². The minimum Gasteiger partial charge on any atom is -0.481 e. The van der Waals surface area contributed by atoms with Crippen LogP contribution in [0.3, 0.4) is 0 Å². The number of aryl methyl sites for hydroxylation is 3. The SMILES string of the molecule is C=Cc1ccc(C)cc1.C=Cc1cccc(C)c1.C=Cc1ccccc1C.CC(=O)O. The molecule has 2 nitrogen and oxygen atoms in total. The third kappa shape index (κ3) is 14.0. The molecule has 0 amide bonds. The van der Waals surface area contributed by atoms with Gasteiger partial charge in [-0.15, -0.1) is 0 Å². The highest BCUT2D eigenvalue weighted by Crippen LogP contribution is 2.07. The number of benzene rings is 3. The van der Waals surface area contributed by atoms with Crippen molar-refractivity contribution in [1.82, 2.24) is 0 Å². The molecule has 3 aromatic rings. The van der Waals surface area contributed by atoms with E-state index in [0.29, 0.717) is 0 Å². The Morgan fingerprint density at radius 3 is 1.65 bits per heavy atom. The van der Waals surface area contributed by atoms with E-state index in [1.165, 1.54) is 33.4 Å². The fraction of sp³-hybridized carbons (Fsp3) is 0.138. The molecule has 0 atom stereocenters. The van der Waals surface area contributed by atoms with Crippen LogP contribution in [0.1, 0.15) is 40.3 Å². The predicted molar refractivity (Wildman–Crippen MR) is 137 cm³/mol. The van der Waals surface area contributed by atoms with Gasteiger partial charge in [0.1, 0.15) is 0 Å². The van der Waals surface area contributed by atoms with Crippen molar-refractivity contribution in [2.75, 3.05) is 0 Å². The van der Waals surface area contributed by atoms with E-state index in [1.807, 2.05) is 42.5 Å². The Morgan fingerprint density at radius 1 is 0.710 bits per heavy atom. The smallest absolute Gasteiger partial charge is 0.300 e. The minimum absolute atomic E-state index is 0.833. The number of rotatable bonds is 3. The standard InChI is InChI=1S/3C9H10.C2H4O2/c1-3-9-6-4-8(2)5-7-9;1-3-9-6-4-5-8(2)7-9;1-3-9-7-5-4-6-8(9)2;1-2(3)4/h3*3-7H,1H2,2H3;1H3,(H,3,4). The Kier molecular flexibility index (Phi) is 14.3. The quantitative estimate of drug-likeness (QED) is 0.471. The van der Waals surface area contributed by atoms with Crippen molar-refractivity contribution in [3.05, 3.63) is 126 Å². The molecule has 31 heavy (non-hydrogen) atoms. The van der Waals surface area contributed by atoms with Crippen molar-refractivity contribution < 1.29 is 9.90 Å². The number of carbonyl (C=O) groups is 1. The summed E-state index contributed by atoms with van der Waals surface area (Å²) in [7, 11) is 0. The van der Waals surface area contributed by atoms with E-state index in [1.54, 1.807) is 0 Å². The van der Waals surface area contributed by atoms with Crippen molar-refractivity contribution in [3.8, 4) is 0 Å². The van der Waals surface area contributed by atoms with Gasteiger partial charge in [0.25, 0.3) is 5.97 Å². The number of aliphatic carboxylic acids is 1. The van der Waals surface area contributed by atoms with Crippen molar-refractivity contribution in [2.45, 2.75) is 27.7 Å². The van der Waals surface area contributed by atoms with E-state index >= 15 is 0 Å². The Morgan fingerprint density at radius 2 is 1.26 bits per heavy atom. The van der Waals surface area contributed by atoms with Crippen molar-refractivity contribution in [3.63, 3.8) is 0 Å². The second kappa shape index (κ2) is 16.2. The topological polar surface area (TPSA) is 37.3 Å². The first-order valence-corrected chi connectivity index (χ1v) is 9.99. The maximum Gasteiger partial charge on any atom is 0.300 e. The highest BCUT2D eigenvalue weighted by atomic mass is 16.4. The Labute approximate surface area is 187 Å². The van der Waals surface area contributed by atoms with Crippen LogP contribution in [0.25, 0.3) is 18.2 Å². The summed E-state index contributed by atoms with van der Waals surface area (Å²) in [6.07, 6.45) is 5.57. The van der Waals surface area contributed by atoms with Gasteiger partial charge in [0.05, 0.1) is 0 Å². The molecule has 2 heteroatoms. The van der Waals surface area contributed by atoms with E-state index in [2.05, 4.69) is 89.0 Å². The molecule has 0 saturated carbocycles. The van der Waals surface area contributed by atoms with Gasteiger partial charge in [0.2, 0.25) is 0 Å². The van der Waals surface area contributed by atoms with Crippen molar-refractivity contribution >= 4 is 24.2 Å². The van der Waals surface area contributed by atoms with Gasteiger partial charge in [0, 0.05) is 6.92 Å². The molecule has 0 unspecified atom stereocenters. The van der Waals surface area contributed by atoms with E-state index in [4.69, 9.17) is 9.90 Å². The van der Waals surface area contributed by atoms with Crippen LogP contribution in [0.4, 0.5) is 0 Å². The number of hydrogen-bond acceptors (Lipinski definition) is 1. The van der Waals surface area contributed by atoms with Gasteiger partial charge in [-0.1, -0.05) is 122 Å². The summed E-state index contributed by atoms with van der Waals surface area (Å²) < 4.78 is 0. The van der Waals surface area contributed by atoms with Crippen molar-refractivity contribution in [2.24, 2.45) is 0 Å². The lowest BCUT2D eigenvalue weighted by atomic mass is 10.1. The Bertz CT molecular complexity index is 946. The van der Waals surface area contributed by atoms with Gasteiger partial charge in [-0.25, -0.2) is 0 Å². The van der Waals surface area contributed by atoms with E-state index < -0.39 is 5.97 Å². The summed E-state index contributed by atoms with van der Waals surface area (Å²) >= 11 is 0. The normalized spacial score (nSPS) is 8.65. The largest absolute Gasteiger partial charge is 0.481 e. The molecule has 1 N–H and O–H groups in total. The first kappa shape index (κ1) is 27.4. The van der Waals surface area contributed by atoms with Gasteiger partial charge in [0.15, 0.2) is 0 Å². The predicted octanol–water partition coefficient (Wildman–Crippen LogP) is 8.00. The highest BCUT2D eigenvalue weighted by Gasteiger charge is 1.87. The number of carboxylic acid groups (broad SMARTS) is 1. The maximum absolute atomic E-state index is 9.00. The third-order valence-electron chi connectivity index (χ3n) is 4.00. The number of carboxylic acids is 1. The average Bonchev–Trinajstić information content (AvgIpc) is 2.75. The summed E-state index contributed by atoms with van der Waals surface area (Å²) in [5, 5.41) is 7.42. The molecular formula is C29H34O2. The van der Waals surface area contributed by atoms with Crippen LogP contribution in [-0.2, 0) is 4.79 Å². The molecule has 0 radical (unpaired) electrons. The Hall–Kier alpha value is -3.65. The monoisotopic (exact) mass is 414 g/mol. The summed E-state index contributed by atoms with van der Waals surface area (Å²) in [5.41, 5.74) is 7.45. The number of hydrogen-bond donors (Lipinski definition) is 1. The second-order valence-corrected chi connectivity index (χ2v) is 6.81. The lowest BCUT2D eigenvalue weighted by molar-refractivity contribution is -0.134. The lowest BCUT2D eigenvalue weighted by Gasteiger charge is -1.95. The average molecular weight is 415 g/mol. The van der Waals surface area contributed by atoms with E-state index in [0.717, 1.165) is 6.92 Å². The van der Waals surface area contributed by atoms with E-state index in [-0.39, 0.29) is 0 Å². The zero-order chi connectivity index (χ0) is 23.6. The summed E-state index contributed by atoms with van der Waals surface area (Å²) in [5.74, 6) is -0.833. The van der Waals surface area contributed by atoms with Crippen LogP contribution < -0.4 is 0 Å². The second-order valence-electron chi connectivity index (χ2n) is 6.81. The minimum atomic E-state index is -0.833. The van der Waals surface area contributed by atoms with Crippen molar-refractivity contribution in [1.29, 1.82) is 0 Å². The molecule has 0 fully saturated rings. The molecule has 0 bridgehead atoms. The summed E-state index contributed by atoms with van der Waals surface area (Å²) in [6, 6.07) is 24.7. The lowest BCUT2D eigenvalue weighted by Crippen LogP contribution is -1.78. The molecule has 0 aromatic heterocycles. The fourth-order valence-corrected chi connectivity index (χ4v) is 2.32. The third-order valence-corrected chi connectivity index (χ3v) is 4.00. The molecule has 3 rings (SSSR count). The van der Waals surface area contributed by atoms with Crippen LogP contribution in [0.5, 0.6) is 0 Å². The molecule has 0 spiro atoms. The maximum atomic E-state index is 9.00. The van der Waals surface area contributed by atoms with Gasteiger partial charge in [-0.3, -0.25) is 4.79 Å². The molecule has 0 aliphatic heterocycles. The highest BCUT2D eigenvalue weighted by molar-refractivity contribution is 5.63. The Balaban J connectivity index is 0.000000402. The van der Waals surface area contributed by atoms with E-state index in [9.17, 15) is 0 Å². The summed E-state index contributed by atoms with van der Waals surface area (Å²) in [4.78, 5) is 9.00. The van der Waals surface area contributed by atoms with Gasteiger partial charge in [-0.05, 0) is 43.0 Å². The molecule has 0 aliphatic rings. The van der Waals surface area contributed by atoms with Crippen LogP contribution in [0, 0.1) is 20.8 Å². The summed E-state index contributed by atoms with van der Waals surface area (Å²) in [6.45, 7) is 18.3.